The maximum absolute atomic E-state index is 11.5. The van der Waals surface area contributed by atoms with Crippen LogP contribution in [0.2, 0.25) is 5.02 Å². The van der Waals surface area contributed by atoms with Gasteiger partial charge >= 0.3 is 0 Å². The molecular weight excluding hydrogens is 226 g/mol. The number of pyridine rings is 1. The third-order valence-electron chi connectivity index (χ3n) is 2.90. The molecule has 1 unspecified atom stereocenters. The van der Waals surface area contributed by atoms with E-state index in [-0.39, 0.29) is 11.8 Å². The van der Waals surface area contributed by atoms with Gasteiger partial charge in [-0.15, -0.1) is 0 Å². The quantitative estimate of drug-likeness (QED) is 0.847. The van der Waals surface area contributed by atoms with Crippen LogP contribution in [0.15, 0.2) is 18.5 Å². The summed E-state index contributed by atoms with van der Waals surface area (Å²) in [6.07, 6.45) is 4.22. The van der Waals surface area contributed by atoms with Gasteiger partial charge in [0.1, 0.15) is 0 Å². The molecule has 5 heteroatoms. The monoisotopic (exact) mass is 239 g/mol. The van der Waals surface area contributed by atoms with Crippen molar-refractivity contribution in [1.82, 2.24) is 10.3 Å². The fraction of sp³-hybridized carbons (Fsp3) is 0.455. The Morgan fingerprint density at radius 1 is 1.69 bits per heavy atom. The standard InChI is InChI=1S/C11H14ClN3O/c1-13-11(16)8-3-5-15(7-8)10-2-4-14-6-9(10)12/h2,4,6,8H,3,5,7H2,1H3,(H,13,16). The van der Waals surface area contributed by atoms with E-state index in [0.717, 1.165) is 25.2 Å². The molecule has 2 heterocycles. The minimum atomic E-state index is 0.0641. The number of carbonyl (C=O) groups excluding carboxylic acids is 1. The third kappa shape index (κ3) is 2.11. The van der Waals surface area contributed by atoms with E-state index in [9.17, 15) is 4.79 Å². The molecular formula is C11H14ClN3O. The number of nitrogens with one attached hydrogen (secondary N) is 1. The van der Waals surface area contributed by atoms with Gasteiger partial charge in [0.25, 0.3) is 0 Å². The molecule has 0 radical (unpaired) electrons. The summed E-state index contributed by atoms with van der Waals surface area (Å²) in [6.45, 7) is 1.59. The molecule has 1 saturated heterocycles. The van der Waals surface area contributed by atoms with Crippen molar-refractivity contribution >= 4 is 23.2 Å². The van der Waals surface area contributed by atoms with Gasteiger partial charge in [0, 0.05) is 32.5 Å². The lowest BCUT2D eigenvalue weighted by Crippen LogP contribution is -2.30. The maximum atomic E-state index is 11.5. The van der Waals surface area contributed by atoms with Crippen LogP contribution in [-0.2, 0) is 4.79 Å². The summed E-state index contributed by atoms with van der Waals surface area (Å²) in [4.78, 5) is 17.6. The highest BCUT2D eigenvalue weighted by Gasteiger charge is 2.28. The normalized spacial score (nSPS) is 19.9. The number of amides is 1. The smallest absolute Gasteiger partial charge is 0.224 e. The Kier molecular flexibility index (Phi) is 3.29. The second-order valence-corrected chi connectivity index (χ2v) is 4.28. The van der Waals surface area contributed by atoms with Gasteiger partial charge in [-0.05, 0) is 12.5 Å². The highest BCUT2D eigenvalue weighted by atomic mass is 35.5. The Labute approximate surface area is 99.6 Å². The number of aromatic nitrogens is 1. The van der Waals surface area contributed by atoms with E-state index in [1.807, 2.05) is 6.07 Å². The van der Waals surface area contributed by atoms with Crippen LogP contribution in [0.25, 0.3) is 0 Å². The van der Waals surface area contributed by atoms with Crippen molar-refractivity contribution in [2.24, 2.45) is 5.92 Å². The zero-order valence-electron chi connectivity index (χ0n) is 9.11. The first-order valence-electron chi connectivity index (χ1n) is 5.28. The molecule has 4 nitrogen and oxygen atoms in total. The van der Waals surface area contributed by atoms with E-state index in [0.29, 0.717) is 5.02 Å². The molecule has 1 atom stereocenters. The first kappa shape index (κ1) is 11.2. The van der Waals surface area contributed by atoms with E-state index in [4.69, 9.17) is 11.6 Å². The Morgan fingerprint density at radius 3 is 3.19 bits per heavy atom. The average molecular weight is 240 g/mol. The van der Waals surface area contributed by atoms with Crippen molar-refractivity contribution in [3.63, 3.8) is 0 Å². The molecule has 0 bridgehead atoms. The number of anilines is 1. The molecule has 86 valence electrons. The molecule has 1 aliphatic rings. The zero-order chi connectivity index (χ0) is 11.5. The van der Waals surface area contributed by atoms with Crippen LogP contribution in [0.1, 0.15) is 6.42 Å². The van der Waals surface area contributed by atoms with Crippen molar-refractivity contribution in [3.05, 3.63) is 23.5 Å². The Bertz CT molecular complexity index is 397. The SMILES string of the molecule is CNC(=O)C1CCN(c2ccncc2Cl)C1. The number of nitrogens with zero attached hydrogens (tertiary/aromatic N) is 2. The molecule has 1 N–H and O–H groups in total. The second-order valence-electron chi connectivity index (χ2n) is 3.87. The highest BCUT2D eigenvalue weighted by Crippen LogP contribution is 2.29. The van der Waals surface area contributed by atoms with Gasteiger partial charge in [-0.2, -0.15) is 0 Å². The summed E-state index contributed by atoms with van der Waals surface area (Å²) in [6, 6.07) is 1.88. The average Bonchev–Trinajstić information content (AvgIpc) is 2.78. The maximum Gasteiger partial charge on any atom is 0.224 e. The molecule has 0 spiro atoms. The van der Waals surface area contributed by atoms with E-state index in [1.165, 1.54) is 0 Å². The minimum Gasteiger partial charge on any atom is -0.369 e. The van der Waals surface area contributed by atoms with E-state index < -0.39 is 0 Å². The van der Waals surface area contributed by atoms with Crippen LogP contribution in [0.4, 0.5) is 5.69 Å². The van der Waals surface area contributed by atoms with Crippen LogP contribution in [0.5, 0.6) is 0 Å². The summed E-state index contributed by atoms with van der Waals surface area (Å²) in [5.74, 6) is 0.168. The molecule has 1 aromatic rings. The van der Waals surface area contributed by atoms with Gasteiger partial charge in [0.15, 0.2) is 0 Å². The van der Waals surface area contributed by atoms with Crippen LogP contribution in [0, 0.1) is 5.92 Å². The van der Waals surface area contributed by atoms with Crippen molar-refractivity contribution in [1.29, 1.82) is 0 Å². The van der Waals surface area contributed by atoms with Crippen molar-refractivity contribution < 1.29 is 4.79 Å². The van der Waals surface area contributed by atoms with Crippen LogP contribution >= 0.6 is 11.6 Å². The topological polar surface area (TPSA) is 45.2 Å². The van der Waals surface area contributed by atoms with Gasteiger partial charge in [-0.3, -0.25) is 9.78 Å². The molecule has 2 rings (SSSR count). The summed E-state index contributed by atoms with van der Waals surface area (Å²) in [5, 5.41) is 3.32. The van der Waals surface area contributed by atoms with Crippen LogP contribution in [-0.4, -0.2) is 31.0 Å². The second kappa shape index (κ2) is 4.70. The van der Waals surface area contributed by atoms with E-state index in [1.54, 1.807) is 19.4 Å². The fourth-order valence-corrected chi connectivity index (χ4v) is 2.26. The van der Waals surface area contributed by atoms with Crippen molar-refractivity contribution in [2.75, 3.05) is 25.0 Å². The van der Waals surface area contributed by atoms with Gasteiger partial charge in [0.2, 0.25) is 5.91 Å². The Morgan fingerprint density at radius 2 is 2.50 bits per heavy atom. The van der Waals surface area contributed by atoms with E-state index >= 15 is 0 Å². The minimum absolute atomic E-state index is 0.0641. The van der Waals surface area contributed by atoms with Crippen molar-refractivity contribution in [2.45, 2.75) is 6.42 Å². The molecule has 1 aromatic heterocycles. The Hall–Kier alpha value is -1.29. The van der Waals surface area contributed by atoms with E-state index in [2.05, 4.69) is 15.2 Å². The van der Waals surface area contributed by atoms with Crippen LogP contribution in [0.3, 0.4) is 0 Å². The molecule has 0 aliphatic carbocycles. The lowest BCUT2D eigenvalue weighted by molar-refractivity contribution is -0.123. The number of halogens is 1. The number of carbonyl (C=O) groups is 1. The van der Waals surface area contributed by atoms with Gasteiger partial charge < -0.3 is 10.2 Å². The first-order chi connectivity index (χ1) is 7.72. The molecule has 0 saturated carbocycles. The predicted octanol–water partition coefficient (Wildman–Crippen LogP) is 1.31. The number of rotatable bonds is 2. The summed E-state index contributed by atoms with van der Waals surface area (Å²) in [5.41, 5.74) is 0.961. The summed E-state index contributed by atoms with van der Waals surface area (Å²) < 4.78 is 0. The number of hydrogen-bond acceptors (Lipinski definition) is 3. The van der Waals surface area contributed by atoms with Crippen LogP contribution < -0.4 is 10.2 Å². The summed E-state index contributed by atoms with van der Waals surface area (Å²) in [7, 11) is 1.67. The highest BCUT2D eigenvalue weighted by molar-refractivity contribution is 6.33. The summed E-state index contributed by atoms with van der Waals surface area (Å²) >= 11 is 6.06. The predicted molar refractivity (Wildman–Crippen MR) is 63.6 cm³/mol. The molecule has 0 aromatic carbocycles. The largest absolute Gasteiger partial charge is 0.369 e. The molecule has 1 aliphatic heterocycles. The van der Waals surface area contributed by atoms with Crippen molar-refractivity contribution in [3.8, 4) is 0 Å². The lowest BCUT2D eigenvalue weighted by Gasteiger charge is -2.19. The zero-order valence-corrected chi connectivity index (χ0v) is 9.87. The van der Waals surface area contributed by atoms with Gasteiger partial charge in [-0.25, -0.2) is 0 Å². The van der Waals surface area contributed by atoms with Gasteiger partial charge in [-0.1, -0.05) is 11.6 Å². The fourth-order valence-electron chi connectivity index (χ4n) is 2.02. The third-order valence-corrected chi connectivity index (χ3v) is 3.19. The molecule has 1 amide bonds. The Balaban J connectivity index is 2.09. The first-order valence-corrected chi connectivity index (χ1v) is 5.66. The number of hydrogen-bond donors (Lipinski definition) is 1. The van der Waals surface area contributed by atoms with Gasteiger partial charge in [0.05, 0.1) is 16.6 Å². The lowest BCUT2D eigenvalue weighted by atomic mass is 10.1. The molecule has 1 fully saturated rings. The molecule has 16 heavy (non-hydrogen) atoms.